The van der Waals surface area contributed by atoms with E-state index < -0.39 is 6.04 Å². The lowest BCUT2D eigenvalue weighted by atomic mass is 10.0. The molecule has 0 aliphatic carbocycles. The number of nitrogens with two attached hydrogens (primary N) is 1. The van der Waals surface area contributed by atoms with Gasteiger partial charge in [-0.2, -0.15) is 10.2 Å². The average molecular weight is 548 g/mol. The summed E-state index contributed by atoms with van der Waals surface area (Å²) in [6.45, 7) is 4.21. The molecule has 0 radical (unpaired) electrons. The second kappa shape index (κ2) is 12.3. The topological polar surface area (TPSA) is 139 Å². The largest absolute Gasteiger partial charge is 0.378 e. The normalized spacial score (nSPS) is 13.6. The number of carbonyl (C=O) groups excluding carboxylic acids is 1. The number of hydrogen-bond donors (Lipinski definition) is 2. The van der Waals surface area contributed by atoms with Crippen molar-refractivity contribution in [1.29, 1.82) is 5.26 Å². The molecule has 1 aliphatic rings. The van der Waals surface area contributed by atoms with E-state index in [1.807, 2.05) is 61.5 Å². The maximum atomic E-state index is 14.1. The number of aromatic nitrogens is 3. The van der Waals surface area contributed by atoms with Gasteiger partial charge in [-0.1, -0.05) is 42.2 Å². The Balaban J connectivity index is 1.52. The number of morpholine rings is 1. The number of fused-ring (bicyclic) bond motifs is 1. The molecule has 1 amide bonds. The van der Waals surface area contributed by atoms with E-state index in [4.69, 9.17) is 10.5 Å². The predicted molar refractivity (Wildman–Crippen MR) is 156 cm³/mol. The van der Waals surface area contributed by atoms with Crippen LogP contribution in [-0.4, -0.2) is 51.6 Å². The molecule has 10 heteroatoms. The lowest BCUT2D eigenvalue weighted by molar-refractivity contribution is -0.135. The molecule has 1 saturated heterocycles. The Morgan fingerprint density at radius 1 is 1.15 bits per heavy atom. The van der Waals surface area contributed by atoms with Crippen LogP contribution in [0.1, 0.15) is 42.6 Å². The van der Waals surface area contributed by atoms with E-state index in [1.165, 1.54) is 6.20 Å². The molecule has 5 rings (SSSR count). The molecule has 1 fully saturated rings. The van der Waals surface area contributed by atoms with Crippen molar-refractivity contribution in [1.82, 2.24) is 19.4 Å². The Morgan fingerprint density at radius 3 is 2.68 bits per heavy atom. The Hall–Kier alpha value is -5.19. The molecule has 3 N–H and O–H groups in total. The summed E-state index contributed by atoms with van der Waals surface area (Å²) in [6, 6.07) is 18.5. The van der Waals surface area contributed by atoms with Gasteiger partial charge in [-0.15, -0.1) is 0 Å². The quantitative estimate of drug-likeness (QED) is 0.350. The molecule has 206 valence electrons. The summed E-state index contributed by atoms with van der Waals surface area (Å²) in [5.74, 6) is 6.60. The van der Waals surface area contributed by atoms with Crippen molar-refractivity contribution < 1.29 is 9.53 Å². The van der Waals surface area contributed by atoms with Crippen molar-refractivity contribution >= 4 is 28.4 Å². The van der Waals surface area contributed by atoms with Crippen LogP contribution in [0.2, 0.25) is 0 Å². The van der Waals surface area contributed by atoms with E-state index in [9.17, 15) is 14.9 Å². The van der Waals surface area contributed by atoms with E-state index >= 15 is 0 Å². The second-order valence-corrected chi connectivity index (χ2v) is 9.58. The standard InChI is InChI=1S/C31H29N7O3/c1-21(35-29-24(19-32)20-34-31(33)36-29)26-18-23-10-7-9-22(8-5-6-13-27(39)37-14-16-41-17-15-37)28(23)30(40)38(26)25-11-3-2-4-12-25/h2-4,7,9-12,18,20-21H,6,13-17H2,1H3,(H3,33,34,35,36)/t21-/m0/s1. The minimum Gasteiger partial charge on any atom is -0.378 e. The lowest BCUT2D eigenvalue weighted by Crippen LogP contribution is -2.40. The molecule has 2 aromatic carbocycles. The second-order valence-electron chi connectivity index (χ2n) is 9.58. The van der Waals surface area contributed by atoms with Gasteiger partial charge in [-0.25, -0.2) is 4.98 Å². The van der Waals surface area contributed by atoms with Gasteiger partial charge in [0.25, 0.3) is 5.56 Å². The molecule has 1 aliphatic heterocycles. The molecular weight excluding hydrogens is 518 g/mol. The summed E-state index contributed by atoms with van der Waals surface area (Å²) in [4.78, 5) is 36.5. The van der Waals surface area contributed by atoms with Gasteiger partial charge in [0.1, 0.15) is 17.5 Å². The van der Waals surface area contributed by atoms with Crippen molar-refractivity contribution in [2.45, 2.75) is 25.8 Å². The summed E-state index contributed by atoms with van der Waals surface area (Å²) in [7, 11) is 0. The Morgan fingerprint density at radius 2 is 1.93 bits per heavy atom. The first kappa shape index (κ1) is 27.4. The molecule has 0 saturated carbocycles. The maximum absolute atomic E-state index is 14.1. The Kier molecular flexibility index (Phi) is 8.23. The van der Waals surface area contributed by atoms with E-state index in [0.29, 0.717) is 61.5 Å². The molecule has 2 aromatic heterocycles. The number of amides is 1. The van der Waals surface area contributed by atoms with E-state index in [2.05, 4.69) is 33.2 Å². The van der Waals surface area contributed by atoms with Crippen molar-refractivity contribution in [2.75, 3.05) is 37.4 Å². The van der Waals surface area contributed by atoms with E-state index in [-0.39, 0.29) is 28.8 Å². The number of nitriles is 1. The molecule has 0 unspecified atom stereocenters. The zero-order valence-corrected chi connectivity index (χ0v) is 22.6. The first-order valence-electron chi connectivity index (χ1n) is 13.3. The third-order valence-corrected chi connectivity index (χ3v) is 6.87. The summed E-state index contributed by atoms with van der Waals surface area (Å²) in [6.07, 6.45) is 2.07. The Bertz CT molecular complexity index is 1740. The van der Waals surface area contributed by atoms with Crippen LogP contribution in [-0.2, 0) is 9.53 Å². The summed E-state index contributed by atoms with van der Waals surface area (Å²) >= 11 is 0. The number of nitrogen functional groups attached to an aromatic ring is 1. The number of ether oxygens (including phenoxy) is 1. The number of anilines is 2. The fourth-order valence-electron chi connectivity index (χ4n) is 4.81. The number of carbonyl (C=O) groups is 1. The SMILES string of the molecule is C[C@H](Nc1nc(N)ncc1C#N)c1cc2cccc(C#CCCC(=O)N3CCOCC3)c2c(=O)n1-c1ccccc1. The molecule has 3 heterocycles. The van der Waals surface area contributed by atoms with E-state index in [1.54, 1.807) is 9.47 Å². The van der Waals surface area contributed by atoms with Crippen molar-refractivity contribution in [2.24, 2.45) is 0 Å². The van der Waals surface area contributed by atoms with Gasteiger partial charge in [0.05, 0.1) is 30.8 Å². The maximum Gasteiger partial charge on any atom is 0.264 e. The first-order chi connectivity index (χ1) is 20.0. The first-order valence-corrected chi connectivity index (χ1v) is 13.3. The number of nitrogens with one attached hydrogen (secondary N) is 1. The molecule has 41 heavy (non-hydrogen) atoms. The van der Waals surface area contributed by atoms with Crippen LogP contribution in [0.4, 0.5) is 11.8 Å². The van der Waals surface area contributed by atoms with Crippen LogP contribution in [0, 0.1) is 23.2 Å². The van der Waals surface area contributed by atoms with Crippen molar-refractivity contribution in [3.63, 3.8) is 0 Å². The third kappa shape index (κ3) is 6.03. The molecular formula is C31H29N7O3. The number of para-hydroxylation sites is 1. The molecule has 10 nitrogen and oxygen atoms in total. The highest BCUT2D eigenvalue weighted by atomic mass is 16.5. The number of benzene rings is 2. The zero-order chi connectivity index (χ0) is 28.8. The number of nitrogens with zero attached hydrogens (tertiary/aromatic N) is 5. The molecule has 0 spiro atoms. The third-order valence-electron chi connectivity index (χ3n) is 6.87. The molecule has 4 aromatic rings. The number of hydrogen-bond acceptors (Lipinski definition) is 8. The zero-order valence-electron chi connectivity index (χ0n) is 22.6. The number of rotatable bonds is 6. The van der Waals surface area contributed by atoms with Gasteiger partial charge >= 0.3 is 0 Å². The minimum absolute atomic E-state index is 0.0347. The van der Waals surface area contributed by atoms with Crippen LogP contribution in [0.15, 0.2) is 65.6 Å². The monoisotopic (exact) mass is 547 g/mol. The van der Waals surface area contributed by atoms with Crippen LogP contribution in [0.3, 0.4) is 0 Å². The van der Waals surface area contributed by atoms with Crippen LogP contribution >= 0.6 is 0 Å². The van der Waals surface area contributed by atoms with Gasteiger partial charge in [0.15, 0.2) is 0 Å². The summed E-state index contributed by atoms with van der Waals surface area (Å²) < 4.78 is 6.96. The highest BCUT2D eigenvalue weighted by Crippen LogP contribution is 2.26. The summed E-state index contributed by atoms with van der Waals surface area (Å²) in [5.41, 5.74) is 7.73. The van der Waals surface area contributed by atoms with Gasteiger partial charge in [-0.3, -0.25) is 14.2 Å². The van der Waals surface area contributed by atoms with E-state index in [0.717, 1.165) is 5.39 Å². The average Bonchev–Trinajstić information content (AvgIpc) is 3.00. The van der Waals surface area contributed by atoms with Crippen molar-refractivity contribution in [3.8, 4) is 23.6 Å². The van der Waals surface area contributed by atoms with Crippen LogP contribution < -0.4 is 16.6 Å². The fraction of sp³-hybridized carbons (Fsp3) is 0.258. The van der Waals surface area contributed by atoms with Crippen LogP contribution in [0.25, 0.3) is 16.5 Å². The highest BCUT2D eigenvalue weighted by Gasteiger charge is 2.20. The fourth-order valence-corrected chi connectivity index (χ4v) is 4.81. The van der Waals surface area contributed by atoms with Gasteiger partial charge < -0.3 is 20.7 Å². The predicted octanol–water partition coefficient (Wildman–Crippen LogP) is 3.40. The van der Waals surface area contributed by atoms with Gasteiger partial charge in [0, 0.05) is 42.9 Å². The number of pyridine rings is 1. The van der Waals surface area contributed by atoms with Crippen LogP contribution in [0.5, 0.6) is 0 Å². The molecule has 1 atom stereocenters. The van der Waals surface area contributed by atoms with Gasteiger partial charge in [0.2, 0.25) is 11.9 Å². The lowest BCUT2D eigenvalue weighted by Gasteiger charge is -2.26. The smallest absolute Gasteiger partial charge is 0.264 e. The molecule has 0 bridgehead atoms. The van der Waals surface area contributed by atoms with Gasteiger partial charge in [-0.05, 0) is 36.6 Å². The minimum atomic E-state index is -0.436. The highest BCUT2D eigenvalue weighted by molar-refractivity contribution is 5.88. The van der Waals surface area contributed by atoms with Crippen molar-refractivity contribution in [3.05, 3.63) is 88.0 Å². The summed E-state index contributed by atoms with van der Waals surface area (Å²) in [5, 5.41) is 14.0. The Labute approximate surface area is 237 Å².